The number of aldehydes is 1. The van der Waals surface area contributed by atoms with Crippen molar-refractivity contribution in [3.8, 4) is 10.6 Å². The molecule has 0 fully saturated rings. The molecule has 3 rings (SSSR count). The molecule has 9 heteroatoms. The van der Waals surface area contributed by atoms with Gasteiger partial charge in [-0.1, -0.05) is 23.2 Å². The van der Waals surface area contributed by atoms with Gasteiger partial charge in [-0.3, -0.25) is 9.59 Å². The first-order valence-corrected chi connectivity index (χ1v) is 10.1. The highest BCUT2D eigenvalue weighted by atomic mass is 35.5. The zero-order valence-corrected chi connectivity index (χ0v) is 17.2. The molecule has 0 aliphatic rings. The number of halogens is 2. The number of carbonyl (C=O) groups is 2. The Bertz CT molecular complexity index is 982. The van der Waals surface area contributed by atoms with Crippen molar-refractivity contribution in [3.63, 3.8) is 0 Å². The highest BCUT2D eigenvalue weighted by Crippen LogP contribution is 2.42. The van der Waals surface area contributed by atoms with E-state index in [2.05, 4.69) is 10.3 Å². The van der Waals surface area contributed by atoms with Crippen LogP contribution in [0, 0.1) is 0 Å². The van der Waals surface area contributed by atoms with E-state index in [9.17, 15) is 9.59 Å². The number of aromatic nitrogens is 1. The van der Waals surface area contributed by atoms with Crippen LogP contribution in [0.2, 0.25) is 8.67 Å². The predicted molar refractivity (Wildman–Crippen MR) is 110 cm³/mol. The summed E-state index contributed by atoms with van der Waals surface area (Å²) in [5.41, 5.74) is 2.35. The second kappa shape index (κ2) is 8.02. The monoisotopic (exact) mass is 427 g/mol. The van der Waals surface area contributed by atoms with Crippen LogP contribution < -0.4 is 5.32 Å². The molecule has 5 nitrogen and oxygen atoms in total. The van der Waals surface area contributed by atoms with Gasteiger partial charge in [0.15, 0.2) is 6.29 Å². The number of rotatable bonds is 7. The summed E-state index contributed by atoms with van der Waals surface area (Å²) in [6.45, 7) is 1.44. The summed E-state index contributed by atoms with van der Waals surface area (Å²) < 4.78 is 1.77. The van der Waals surface area contributed by atoms with Gasteiger partial charge in [0.25, 0.3) is 0 Å². The van der Waals surface area contributed by atoms with E-state index in [0.29, 0.717) is 48.0 Å². The number of thiophene rings is 1. The van der Waals surface area contributed by atoms with Crippen LogP contribution in [-0.4, -0.2) is 49.1 Å². The zero-order valence-electron chi connectivity index (χ0n) is 14.0. The van der Waals surface area contributed by atoms with Crippen molar-refractivity contribution in [2.45, 2.75) is 0 Å². The minimum absolute atomic E-state index is 0.333. The van der Waals surface area contributed by atoms with Gasteiger partial charge in [-0.15, -0.1) is 22.7 Å². The van der Waals surface area contributed by atoms with Crippen molar-refractivity contribution in [3.05, 3.63) is 32.4 Å². The molecular weight excluding hydrogens is 413 g/mol. The number of anilines is 1. The van der Waals surface area contributed by atoms with Crippen LogP contribution in [0.15, 0.2) is 18.2 Å². The number of hydrogen-bond acceptors (Lipinski definition) is 7. The minimum Gasteiger partial charge on any atom is -0.383 e. The molecule has 0 bridgehead atoms. The van der Waals surface area contributed by atoms with E-state index < -0.39 is 5.78 Å². The van der Waals surface area contributed by atoms with Gasteiger partial charge in [-0.05, 0) is 32.3 Å². The molecule has 26 heavy (non-hydrogen) atoms. The number of nitrogens with one attached hydrogen (secondary N) is 1. The third kappa shape index (κ3) is 3.92. The number of thiazole rings is 1. The van der Waals surface area contributed by atoms with Crippen molar-refractivity contribution < 1.29 is 9.59 Å². The standard InChI is InChI=1S/C17H15Cl2N3O2S2/c1-22(2)6-5-20-10-3-4-11-15(14(10)12(24)8-23)26-17(21-11)9-7-13(18)25-16(9)19/h3-4,7-8,20H,5-6H2,1-2H3. The van der Waals surface area contributed by atoms with E-state index in [1.165, 1.54) is 22.7 Å². The zero-order chi connectivity index (χ0) is 18.8. The molecule has 0 aliphatic heterocycles. The van der Waals surface area contributed by atoms with Gasteiger partial charge in [0, 0.05) is 24.3 Å². The maximum absolute atomic E-state index is 12.3. The molecule has 2 heterocycles. The number of hydrogen-bond donors (Lipinski definition) is 1. The number of carbonyl (C=O) groups excluding carboxylic acids is 2. The Morgan fingerprint density at radius 2 is 2.08 bits per heavy atom. The van der Waals surface area contributed by atoms with Crippen LogP contribution >= 0.6 is 45.9 Å². The Kier molecular flexibility index (Phi) is 5.94. The summed E-state index contributed by atoms with van der Waals surface area (Å²) in [5.74, 6) is -0.576. The molecule has 0 amide bonds. The molecule has 0 spiro atoms. The van der Waals surface area contributed by atoms with Crippen molar-refractivity contribution in [2.24, 2.45) is 0 Å². The van der Waals surface area contributed by atoms with Gasteiger partial charge in [-0.2, -0.15) is 0 Å². The van der Waals surface area contributed by atoms with Crippen LogP contribution in [0.3, 0.4) is 0 Å². The summed E-state index contributed by atoms with van der Waals surface area (Å²) in [7, 11) is 3.93. The summed E-state index contributed by atoms with van der Waals surface area (Å²) in [5, 5.41) is 3.89. The molecule has 136 valence electrons. The van der Waals surface area contributed by atoms with Crippen LogP contribution in [0.1, 0.15) is 10.4 Å². The predicted octanol–water partition coefficient (Wildman–Crippen LogP) is 4.69. The first-order chi connectivity index (χ1) is 12.4. The maximum atomic E-state index is 12.3. The fourth-order valence-corrected chi connectivity index (χ4v) is 5.18. The highest BCUT2D eigenvalue weighted by Gasteiger charge is 2.20. The van der Waals surface area contributed by atoms with E-state index in [-0.39, 0.29) is 0 Å². The SMILES string of the molecule is CN(C)CCNc1ccc2nc(-c3cc(Cl)sc3Cl)sc2c1C(=O)C=O. The van der Waals surface area contributed by atoms with Crippen molar-refractivity contribution in [1.29, 1.82) is 0 Å². The van der Waals surface area contributed by atoms with Crippen LogP contribution in [0.5, 0.6) is 0 Å². The molecule has 1 N–H and O–H groups in total. The molecule has 1 aromatic carbocycles. The molecule has 0 radical (unpaired) electrons. The average molecular weight is 428 g/mol. The molecular formula is C17H15Cl2N3O2S2. The van der Waals surface area contributed by atoms with Gasteiger partial charge < -0.3 is 10.2 Å². The van der Waals surface area contributed by atoms with Crippen LogP contribution in [0.4, 0.5) is 5.69 Å². The normalized spacial score (nSPS) is 11.3. The van der Waals surface area contributed by atoms with Crippen molar-refractivity contribution in [1.82, 2.24) is 9.88 Å². The average Bonchev–Trinajstić information content (AvgIpc) is 3.15. The maximum Gasteiger partial charge on any atom is 0.228 e. The largest absolute Gasteiger partial charge is 0.383 e. The molecule has 3 aromatic rings. The number of ketones is 1. The Balaban J connectivity index is 2.08. The quantitative estimate of drug-likeness (QED) is 0.336. The minimum atomic E-state index is -0.576. The van der Waals surface area contributed by atoms with E-state index >= 15 is 0 Å². The van der Waals surface area contributed by atoms with E-state index in [1.54, 1.807) is 12.1 Å². The second-order valence-electron chi connectivity index (χ2n) is 5.81. The lowest BCUT2D eigenvalue weighted by atomic mass is 10.1. The number of nitrogens with zero attached hydrogens (tertiary/aromatic N) is 2. The first-order valence-electron chi connectivity index (χ1n) is 7.67. The van der Waals surface area contributed by atoms with E-state index in [1.807, 2.05) is 25.1 Å². The first kappa shape index (κ1) is 19.3. The Labute approximate surface area is 168 Å². The van der Waals surface area contributed by atoms with Gasteiger partial charge in [-0.25, -0.2) is 4.98 Å². The van der Waals surface area contributed by atoms with Gasteiger partial charge in [0.05, 0.1) is 20.1 Å². The summed E-state index contributed by atoms with van der Waals surface area (Å²) in [4.78, 5) is 30.0. The smallest absolute Gasteiger partial charge is 0.228 e. The molecule has 0 unspecified atom stereocenters. The van der Waals surface area contributed by atoms with E-state index in [4.69, 9.17) is 23.2 Å². The van der Waals surface area contributed by atoms with E-state index in [0.717, 1.165) is 12.1 Å². The Morgan fingerprint density at radius 3 is 2.69 bits per heavy atom. The van der Waals surface area contributed by atoms with Gasteiger partial charge in [0.1, 0.15) is 9.34 Å². The Morgan fingerprint density at radius 1 is 1.31 bits per heavy atom. The second-order valence-corrected chi connectivity index (χ2v) is 9.09. The number of likely N-dealkylation sites (N-methyl/N-ethyl adjacent to an activating group) is 1. The topological polar surface area (TPSA) is 62.3 Å². The lowest BCUT2D eigenvalue weighted by molar-refractivity contribution is -0.104. The Hall–Kier alpha value is -1.51. The summed E-state index contributed by atoms with van der Waals surface area (Å²) >= 11 is 14.8. The molecule has 0 atom stereocenters. The summed E-state index contributed by atoms with van der Waals surface area (Å²) in [6.07, 6.45) is 0.333. The fraction of sp³-hybridized carbons (Fsp3) is 0.235. The van der Waals surface area contributed by atoms with Crippen LogP contribution in [0.25, 0.3) is 20.8 Å². The fourth-order valence-electron chi connectivity index (χ4n) is 2.46. The lowest BCUT2D eigenvalue weighted by Crippen LogP contribution is -2.21. The number of Topliss-reactive ketones (excluding diaryl/α,β-unsaturated/α-hetero) is 1. The van der Waals surface area contributed by atoms with Crippen LogP contribution in [-0.2, 0) is 4.79 Å². The molecule has 0 aliphatic carbocycles. The number of benzene rings is 1. The van der Waals surface area contributed by atoms with Crippen molar-refractivity contribution >= 4 is 73.8 Å². The number of fused-ring (bicyclic) bond motifs is 1. The third-order valence-corrected chi connectivity index (χ3v) is 6.28. The lowest BCUT2D eigenvalue weighted by Gasteiger charge is -2.13. The molecule has 0 saturated heterocycles. The van der Waals surface area contributed by atoms with Crippen molar-refractivity contribution in [2.75, 3.05) is 32.5 Å². The molecule has 0 saturated carbocycles. The summed E-state index contributed by atoms with van der Waals surface area (Å²) in [6, 6.07) is 5.36. The molecule has 2 aromatic heterocycles. The third-order valence-electron chi connectivity index (χ3n) is 3.67. The van der Waals surface area contributed by atoms with Gasteiger partial charge in [0.2, 0.25) is 5.78 Å². The van der Waals surface area contributed by atoms with Gasteiger partial charge >= 0.3 is 0 Å². The highest BCUT2D eigenvalue weighted by molar-refractivity contribution is 7.24.